The maximum Gasteiger partial charge on any atom is -0.00172 e. The molecule has 0 spiro atoms. The van der Waals surface area contributed by atoms with E-state index >= 15 is 0 Å². The topological polar surface area (TPSA) is 26.0 Å². The van der Waals surface area contributed by atoms with Crippen molar-refractivity contribution < 1.29 is 0 Å². The van der Waals surface area contributed by atoms with Crippen LogP contribution in [0.25, 0.3) is 0 Å². The van der Waals surface area contributed by atoms with Crippen LogP contribution in [0.3, 0.4) is 0 Å². The molecule has 2 unspecified atom stereocenters. The minimum Gasteiger partial charge on any atom is -0.330 e. The minimum absolute atomic E-state index is 0.367. The monoisotopic (exact) mass is 259 g/mol. The van der Waals surface area contributed by atoms with Gasteiger partial charge in [-0.25, -0.2) is 0 Å². The van der Waals surface area contributed by atoms with E-state index in [0.717, 1.165) is 12.5 Å². The molecule has 1 aromatic carbocycles. The highest BCUT2D eigenvalue weighted by Gasteiger charge is 2.37. The molecular weight excluding hydrogens is 230 g/mol. The molecule has 1 heteroatoms. The smallest absolute Gasteiger partial charge is 0.00172 e. The van der Waals surface area contributed by atoms with Gasteiger partial charge in [0.1, 0.15) is 0 Å². The average molecular weight is 259 g/mol. The quantitative estimate of drug-likeness (QED) is 0.856. The van der Waals surface area contributed by atoms with E-state index in [-0.39, 0.29) is 0 Å². The summed E-state index contributed by atoms with van der Waals surface area (Å²) in [5.41, 5.74) is 12.4. The zero-order valence-electron chi connectivity index (χ0n) is 13.1. The van der Waals surface area contributed by atoms with E-state index in [1.54, 1.807) is 5.56 Å². The van der Waals surface area contributed by atoms with Gasteiger partial charge in [0.15, 0.2) is 0 Å². The van der Waals surface area contributed by atoms with Gasteiger partial charge in [0, 0.05) is 0 Å². The minimum atomic E-state index is 0.367. The first-order chi connectivity index (χ1) is 8.99. The molecule has 0 heterocycles. The first-order valence-corrected chi connectivity index (χ1v) is 7.76. The molecule has 1 saturated carbocycles. The van der Waals surface area contributed by atoms with Crippen LogP contribution in [0.2, 0.25) is 0 Å². The number of hydrogen-bond acceptors (Lipinski definition) is 1. The summed E-state index contributed by atoms with van der Waals surface area (Å²) in [6, 6.07) is 4.64. The number of benzene rings is 1. The van der Waals surface area contributed by atoms with Crippen molar-refractivity contribution in [2.45, 2.75) is 59.8 Å². The fourth-order valence-electron chi connectivity index (χ4n) is 3.96. The highest BCUT2D eigenvalue weighted by atomic mass is 14.6. The molecular formula is C18H29N. The summed E-state index contributed by atoms with van der Waals surface area (Å²) in [4.78, 5) is 0. The number of nitrogens with two attached hydrogens (primary N) is 1. The van der Waals surface area contributed by atoms with E-state index < -0.39 is 0 Å². The van der Waals surface area contributed by atoms with Gasteiger partial charge in [0.25, 0.3) is 0 Å². The van der Waals surface area contributed by atoms with Crippen LogP contribution in [0.15, 0.2) is 12.1 Å². The Morgan fingerprint density at radius 3 is 2.32 bits per heavy atom. The SMILES string of the molecule is CCC1CCC(CN)(Cc2c(C)cc(C)cc2C)C1. The number of hydrogen-bond donors (Lipinski definition) is 1. The molecule has 1 aliphatic carbocycles. The second-order valence-corrected chi connectivity index (χ2v) is 6.78. The Hall–Kier alpha value is -0.820. The highest BCUT2D eigenvalue weighted by Crippen LogP contribution is 2.45. The maximum absolute atomic E-state index is 6.16. The van der Waals surface area contributed by atoms with Gasteiger partial charge in [-0.05, 0) is 81.0 Å². The van der Waals surface area contributed by atoms with Gasteiger partial charge in [-0.3, -0.25) is 0 Å². The Bertz CT molecular complexity index is 426. The van der Waals surface area contributed by atoms with Crippen molar-refractivity contribution in [1.29, 1.82) is 0 Å². The van der Waals surface area contributed by atoms with Crippen LogP contribution in [0, 0.1) is 32.1 Å². The lowest BCUT2D eigenvalue weighted by Gasteiger charge is -2.30. The summed E-state index contributed by atoms with van der Waals surface area (Å²) in [5.74, 6) is 0.898. The van der Waals surface area contributed by atoms with Gasteiger partial charge in [0.05, 0.1) is 0 Å². The van der Waals surface area contributed by atoms with Crippen molar-refractivity contribution in [3.8, 4) is 0 Å². The van der Waals surface area contributed by atoms with Gasteiger partial charge >= 0.3 is 0 Å². The van der Waals surface area contributed by atoms with E-state index in [4.69, 9.17) is 5.73 Å². The molecule has 0 saturated heterocycles. The van der Waals surface area contributed by atoms with Gasteiger partial charge in [-0.15, -0.1) is 0 Å². The molecule has 2 N–H and O–H groups in total. The Morgan fingerprint density at radius 2 is 1.84 bits per heavy atom. The van der Waals surface area contributed by atoms with Crippen molar-refractivity contribution >= 4 is 0 Å². The second kappa shape index (κ2) is 5.66. The van der Waals surface area contributed by atoms with Gasteiger partial charge in [-0.1, -0.05) is 31.0 Å². The van der Waals surface area contributed by atoms with Crippen LogP contribution in [0.1, 0.15) is 54.9 Å². The highest BCUT2D eigenvalue weighted by molar-refractivity contribution is 5.38. The lowest BCUT2D eigenvalue weighted by atomic mass is 9.77. The first kappa shape index (κ1) is 14.6. The largest absolute Gasteiger partial charge is 0.330 e. The average Bonchev–Trinajstić information content (AvgIpc) is 2.78. The lowest BCUT2D eigenvalue weighted by Crippen LogP contribution is -2.31. The van der Waals surface area contributed by atoms with E-state index in [2.05, 4.69) is 39.8 Å². The molecule has 0 bridgehead atoms. The van der Waals surface area contributed by atoms with Crippen LogP contribution in [-0.4, -0.2) is 6.54 Å². The third-order valence-electron chi connectivity index (χ3n) is 5.21. The summed E-state index contributed by atoms with van der Waals surface area (Å²) in [6.07, 6.45) is 6.50. The van der Waals surface area contributed by atoms with Gasteiger partial charge in [-0.2, -0.15) is 0 Å². The van der Waals surface area contributed by atoms with E-state index in [0.29, 0.717) is 5.41 Å². The summed E-state index contributed by atoms with van der Waals surface area (Å²) in [5, 5.41) is 0. The Kier molecular flexibility index (Phi) is 4.35. The van der Waals surface area contributed by atoms with Crippen LogP contribution in [0.5, 0.6) is 0 Å². The van der Waals surface area contributed by atoms with Crippen molar-refractivity contribution in [2.24, 2.45) is 17.1 Å². The summed E-state index contributed by atoms with van der Waals surface area (Å²) < 4.78 is 0. The first-order valence-electron chi connectivity index (χ1n) is 7.76. The molecule has 1 fully saturated rings. The predicted molar refractivity (Wildman–Crippen MR) is 83.5 cm³/mol. The van der Waals surface area contributed by atoms with Crippen molar-refractivity contribution in [2.75, 3.05) is 6.54 Å². The van der Waals surface area contributed by atoms with Crippen LogP contribution >= 0.6 is 0 Å². The summed E-state index contributed by atoms with van der Waals surface area (Å²) in [7, 11) is 0. The molecule has 0 radical (unpaired) electrons. The summed E-state index contributed by atoms with van der Waals surface area (Å²) >= 11 is 0. The molecule has 106 valence electrons. The molecule has 2 atom stereocenters. The molecule has 0 aliphatic heterocycles. The standard InChI is InChI=1S/C18H29N/c1-5-16-6-7-18(10-16,12-19)11-17-14(3)8-13(2)9-15(17)4/h8-9,16H,5-7,10-12,19H2,1-4H3. The molecule has 1 aromatic rings. The fourth-order valence-corrected chi connectivity index (χ4v) is 3.96. The maximum atomic E-state index is 6.16. The third kappa shape index (κ3) is 3.02. The van der Waals surface area contributed by atoms with Crippen molar-refractivity contribution in [1.82, 2.24) is 0 Å². The number of rotatable bonds is 4. The van der Waals surface area contributed by atoms with Crippen LogP contribution < -0.4 is 5.73 Å². The van der Waals surface area contributed by atoms with E-state index in [1.807, 2.05) is 0 Å². The fraction of sp³-hybridized carbons (Fsp3) is 0.667. The molecule has 0 aromatic heterocycles. The molecule has 0 amide bonds. The predicted octanol–water partition coefficient (Wildman–Crippen LogP) is 4.31. The zero-order chi connectivity index (χ0) is 14.0. The van der Waals surface area contributed by atoms with Crippen molar-refractivity contribution in [3.05, 3.63) is 34.4 Å². The van der Waals surface area contributed by atoms with Gasteiger partial charge < -0.3 is 5.73 Å². The van der Waals surface area contributed by atoms with Gasteiger partial charge in [0.2, 0.25) is 0 Å². The van der Waals surface area contributed by atoms with Crippen LogP contribution in [0.4, 0.5) is 0 Å². The Morgan fingerprint density at radius 1 is 1.21 bits per heavy atom. The summed E-state index contributed by atoms with van der Waals surface area (Å²) in [6.45, 7) is 9.86. The molecule has 1 aliphatic rings. The van der Waals surface area contributed by atoms with Crippen LogP contribution in [-0.2, 0) is 6.42 Å². The normalized spacial score (nSPS) is 26.9. The molecule has 1 nitrogen and oxygen atoms in total. The Balaban J connectivity index is 2.24. The molecule has 2 rings (SSSR count). The molecule has 19 heavy (non-hydrogen) atoms. The van der Waals surface area contributed by atoms with Crippen molar-refractivity contribution in [3.63, 3.8) is 0 Å². The number of aryl methyl sites for hydroxylation is 3. The van der Waals surface area contributed by atoms with E-state index in [1.165, 1.54) is 48.8 Å². The Labute approximate surface area is 118 Å². The lowest BCUT2D eigenvalue weighted by molar-refractivity contribution is 0.290. The van der Waals surface area contributed by atoms with E-state index in [9.17, 15) is 0 Å². The zero-order valence-corrected chi connectivity index (χ0v) is 13.1. The third-order valence-corrected chi connectivity index (χ3v) is 5.21. The second-order valence-electron chi connectivity index (χ2n) is 6.78.